The topological polar surface area (TPSA) is 65.5 Å². The SMILES string of the molecule is CN=C(NCc1cccc(NC(C)=O)c1)NC(C)CCCC(C)C. The largest absolute Gasteiger partial charge is 0.354 e. The number of nitrogens with zero attached hydrogens (tertiary/aromatic N) is 1. The highest BCUT2D eigenvalue weighted by Gasteiger charge is 2.06. The minimum atomic E-state index is -0.0622. The van der Waals surface area contributed by atoms with Crippen molar-refractivity contribution in [3.63, 3.8) is 0 Å². The molecule has 0 saturated heterocycles. The van der Waals surface area contributed by atoms with E-state index in [9.17, 15) is 4.79 Å². The summed E-state index contributed by atoms with van der Waals surface area (Å²) in [5, 5.41) is 9.55. The zero-order valence-corrected chi connectivity index (χ0v) is 15.6. The van der Waals surface area contributed by atoms with Gasteiger partial charge in [0.05, 0.1) is 0 Å². The van der Waals surface area contributed by atoms with Crippen molar-refractivity contribution in [2.75, 3.05) is 12.4 Å². The number of rotatable bonds is 8. The van der Waals surface area contributed by atoms with Crippen LogP contribution in [0.2, 0.25) is 0 Å². The first-order chi connectivity index (χ1) is 11.4. The minimum Gasteiger partial charge on any atom is -0.354 e. The summed E-state index contributed by atoms with van der Waals surface area (Å²) in [6.07, 6.45) is 3.62. The Labute approximate surface area is 146 Å². The lowest BCUT2D eigenvalue weighted by Crippen LogP contribution is -2.41. The number of amides is 1. The van der Waals surface area contributed by atoms with Crippen molar-refractivity contribution < 1.29 is 4.79 Å². The smallest absolute Gasteiger partial charge is 0.221 e. The molecule has 24 heavy (non-hydrogen) atoms. The van der Waals surface area contributed by atoms with E-state index in [1.807, 2.05) is 24.3 Å². The summed E-state index contributed by atoms with van der Waals surface area (Å²) in [5.74, 6) is 1.50. The van der Waals surface area contributed by atoms with Gasteiger partial charge in [0.2, 0.25) is 5.91 Å². The first-order valence-electron chi connectivity index (χ1n) is 8.74. The van der Waals surface area contributed by atoms with Gasteiger partial charge in [-0.2, -0.15) is 0 Å². The number of hydrogen-bond donors (Lipinski definition) is 3. The average Bonchev–Trinajstić information content (AvgIpc) is 2.50. The van der Waals surface area contributed by atoms with E-state index in [2.05, 4.69) is 41.7 Å². The van der Waals surface area contributed by atoms with E-state index in [1.54, 1.807) is 7.05 Å². The number of benzene rings is 1. The lowest BCUT2D eigenvalue weighted by molar-refractivity contribution is -0.114. The number of carbonyl (C=O) groups excluding carboxylic acids is 1. The Balaban J connectivity index is 2.45. The average molecular weight is 332 g/mol. The van der Waals surface area contributed by atoms with Crippen molar-refractivity contribution >= 4 is 17.6 Å². The Kier molecular flexibility index (Phi) is 8.90. The normalized spacial score (nSPS) is 12.8. The molecular weight excluding hydrogens is 300 g/mol. The van der Waals surface area contributed by atoms with Crippen LogP contribution in [0.3, 0.4) is 0 Å². The number of carbonyl (C=O) groups is 1. The zero-order chi connectivity index (χ0) is 17.9. The molecule has 0 fully saturated rings. The molecule has 134 valence electrons. The van der Waals surface area contributed by atoms with Crippen molar-refractivity contribution in [2.24, 2.45) is 10.9 Å². The van der Waals surface area contributed by atoms with Crippen LogP contribution in [-0.2, 0) is 11.3 Å². The molecule has 0 aliphatic carbocycles. The molecule has 0 spiro atoms. The van der Waals surface area contributed by atoms with Crippen molar-refractivity contribution in [2.45, 2.75) is 59.5 Å². The number of guanidine groups is 1. The van der Waals surface area contributed by atoms with Gasteiger partial charge in [0.25, 0.3) is 0 Å². The molecule has 0 radical (unpaired) electrons. The van der Waals surface area contributed by atoms with E-state index >= 15 is 0 Å². The summed E-state index contributed by atoms with van der Waals surface area (Å²) in [7, 11) is 1.78. The Morgan fingerprint density at radius 2 is 1.96 bits per heavy atom. The lowest BCUT2D eigenvalue weighted by atomic mass is 10.0. The molecule has 0 bridgehead atoms. The highest BCUT2D eigenvalue weighted by Crippen LogP contribution is 2.11. The van der Waals surface area contributed by atoms with Gasteiger partial charge in [0, 0.05) is 32.2 Å². The van der Waals surface area contributed by atoms with Gasteiger partial charge in [-0.1, -0.05) is 38.8 Å². The summed E-state index contributed by atoms with van der Waals surface area (Å²) in [5.41, 5.74) is 1.91. The monoisotopic (exact) mass is 332 g/mol. The first kappa shape index (κ1) is 20.0. The highest BCUT2D eigenvalue weighted by molar-refractivity contribution is 5.88. The Morgan fingerprint density at radius 1 is 1.21 bits per heavy atom. The molecule has 1 amide bonds. The fourth-order valence-electron chi connectivity index (χ4n) is 2.48. The minimum absolute atomic E-state index is 0.0622. The lowest BCUT2D eigenvalue weighted by Gasteiger charge is -2.18. The van der Waals surface area contributed by atoms with Gasteiger partial charge in [-0.05, 0) is 37.0 Å². The molecule has 1 atom stereocenters. The van der Waals surface area contributed by atoms with Gasteiger partial charge >= 0.3 is 0 Å². The maximum absolute atomic E-state index is 11.1. The molecule has 5 heteroatoms. The molecule has 0 aromatic heterocycles. The van der Waals surface area contributed by atoms with Gasteiger partial charge in [0.1, 0.15) is 0 Å². The van der Waals surface area contributed by atoms with Gasteiger partial charge in [0.15, 0.2) is 5.96 Å². The van der Waals surface area contributed by atoms with Crippen LogP contribution in [0.25, 0.3) is 0 Å². The number of hydrogen-bond acceptors (Lipinski definition) is 2. The zero-order valence-electron chi connectivity index (χ0n) is 15.6. The Hall–Kier alpha value is -2.04. The molecule has 1 aromatic carbocycles. The molecule has 1 unspecified atom stereocenters. The predicted molar refractivity (Wildman–Crippen MR) is 102 cm³/mol. The van der Waals surface area contributed by atoms with Crippen molar-refractivity contribution in [3.05, 3.63) is 29.8 Å². The van der Waals surface area contributed by atoms with E-state index in [0.29, 0.717) is 12.6 Å². The molecule has 0 heterocycles. The summed E-state index contributed by atoms with van der Waals surface area (Å²) in [4.78, 5) is 15.4. The quantitative estimate of drug-likeness (QED) is 0.504. The van der Waals surface area contributed by atoms with E-state index in [0.717, 1.165) is 29.5 Å². The second-order valence-electron chi connectivity index (χ2n) is 6.68. The van der Waals surface area contributed by atoms with Crippen LogP contribution in [0.5, 0.6) is 0 Å². The van der Waals surface area contributed by atoms with Crippen molar-refractivity contribution in [3.8, 4) is 0 Å². The van der Waals surface area contributed by atoms with E-state index in [4.69, 9.17) is 0 Å². The third kappa shape index (κ3) is 8.56. The van der Waals surface area contributed by atoms with Crippen LogP contribution in [0, 0.1) is 5.92 Å². The van der Waals surface area contributed by atoms with Gasteiger partial charge < -0.3 is 16.0 Å². The van der Waals surface area contributed by atoms with Gasteiger partial charge in [-0.25, -0.2) is 0 Å². The van der Waals surface area contributed by atoms with Crippen molar-refractivity contribution in [1.82, 2.24) is 10.6 Å². The van der Waals surface area contributed by atoms with Crippen LogP contribution in [0.1, 0.15) is 52.5 Å². The number of anilines is 1. The summed E-state index contributed by atoms with van der Waals surface area (Å²) >= 11 is 0. The van der Waals surface area contributed by atoms with Crippen LogP contribution in [0.15, 0.2) is 29.3 Å². The predicted octanol–water partition coefficient (Wildman–Crippen LogP) is 3.52. The van der Waals surface area contributed by atoms with Crippen LogP contribution >= 0.6 is 0 Å². The molecule has 0 saturated carbocycles. The van der Waals surface area contributed by atoms with E-state index < -0.39 is 0 Å². The van der Waals surface area contributed by atoms with E-state index in [-0.39, 0.29) is 5.91 Å². The molecule has 5 nitrogen and oxygen atoms in total. The van der Waals surface area contributed by atoms with Gasteiger partial charge in [-0.3, -0.25) is 9.79 Å². The summed E-state index contributed by atoms with van der Waals surface area (Å²) < 4.78 is 0. The first-order valence-corrected chi connectivity index (χ1v) is 8.74. The van der Waals surface area contributed by atoms with Crippen molar-refractivity contribution in [1.29, 1.82) is 0 Å². The van der Waals surface area contributed by atoms with Crippen LogP contribution in [0.4, 0.5) is 5.69 Å². The van der Waals surface area contributed by atoms with Crippen LogP contribution < -0.4 is 16.0 Å². The second kappa shape index (κ2) is 10.7. The fourth-order valence-corrected chi connectivity index (χ4v) is 2.48. The molecule has 1 aromatic rings. The maximum Gasteiger partial charge on any atom is 0.221 e. The molecule has 3 N–H and O–H groups in total. The van der Waals surface area contributed by atoms with Gasteiger partial charge in [-0.15, -0.1) is 0 Å². The highest BCUT2D eigenvalue weighted by atomic mass is 16.1. The molecule has 0 aliphatic rings. The summed E-state index contributed by atoms with van der Waals surface area (Å²) in [6, 6.07) is 8.20. The Bertz CT molecular complexity index is 540. The Morgan fingerprint density at radius 3 is 2.58 bits per heavy atom. The molecule has 0 aliphatic heterocycles. The van der Waals surface area contributed by atoms with Crippen LogP contribution in [-0.4, -0.2) is 25.0 Å². The summed E-state index contributed by atoms with van der Waals surface area (Å²) in [6.45, 7) is 8.87. The van der Waals surface area contributed by atoms with E-state index in [1.165, 1.54) is 19.8 Å². The molecular formula is C19H32N4O. The molecule has 1 rings (SSSR count). The fraction of sp³-hybridized carbons (Fsp3) is 0.579. The number of aliphatic imine (C=N–C) groups is 1. The standard InChI is InChI=1S/C19H32N4O/c1-14(2)8-6-9-15(3)22-19(20-5)21-13-17-10-7-11-18(12-17)23-16(4)24/h7,10-12,14-15H,6,8-9,13H2,1-5H3,(H,23,24)(H2,20,21,22). The third-order valence-corrected chi connectivity index (χ3v) is 3.73. The maximum atomic E-state index is 11.1. The number of nitrogens with one attached hydrogen (secondary N) is 3. The third-order valence-electron chi connectivity index (χ3n) is 3.73. The second-order valence-corrected chi connectivity index (χ2v) is 6.68.